The van der Waals surface area contributed by atoms with E-state index in [0.29, 0.717) is 17.4 Å². The van der Waals surface area contributed by atoms with Crippen molar-refractivity contribution in [2.45, 2.75) is 44.3 Å². The molecule has 0 saturated carbocycles. The number of aromatic nitrogens is 3. The van der Waals surface area contributed by atoms with E-state index >= 15 is 0 Å². The lowest BCUT2D eigenvalue weighted by Crippen LogP contribution is -2.33. The third-order valence-corrected chi connectivity index (χ3v) is 7.05. The van der Waals surface area contributed by atoms with Gasteiger partial charge in [0.2, 0.25) is 5.91 Å². The van der Waals surface area contributed by atoms with Gasteiger partial charge in [-0.1, -0.05) is 18.2 Å². The maximum Gasteiger partial charge on any atom is 0.237 e. The van der Waals surface area contributed by atoms with Gasteiger partial charge in [0.1, 0.15) is 11.6 Å². The van der Waals surface area contributed by atoms with Crippen LogP contribution in [0.5, 0.6) is 0 Å². The molecule has 0 unspecified atom stereocenters. The summed E-state index contributed by atoms with van der Waals surface area (Å²) in [7, 11) is 0. The van der Waals surface area contributed by atoms with Crippen LogP contribution in [0.25, 0.3) is 5.69 Å². The van der Waals surface area contributed by atoms with E-state index in [1.54, 1.807) is 29.2 Å². The van der Waals surface area contributed by atoms with Crippen LogP contribution < -0.4 is 4.90 Å². The van der Waals surface area contributed by atoms with Gasteiger partial charge in [0, 0.05) is 17.9 Å². The minimum Gasteiger partial charge on any atom is -0.312 e. The minimum absolute atomic E-state index is 0.0364. The molecule has 0 bridgehead atoms. The van der Waals surface area contributed by atoms with Crippen LogP contribution in [-0.4, -0.2) is 51.0 Å². The lowest BCUT2D eigenvalue weighted by atomic mass is 10.1. The van der Waals surface area contributed by atoms with Crippen molar-refractivity contribution in [1.29, 1.82) is 0 Å². The molecular formula is C25H29F2N5OS. The Balaban J connectivity index is 1.58. The van der Waals surface area contributed by atoms with Crippen molar-refractivity contribution >= 4 is 23.4 Å². The Bertz CT molecular complexity index is 1100. The molecule has 6 nitrogen and oxygen atoms in total. The third-order valence-electron chi connectivity index (χ3n) is 6.14. The molecule has 1 atom stereocenters. The zero-order valence-electron chi connectivity index (χ0n) is 19.5. The number of piperidine rings is 1. The molecule has 0 spiro atoms. The predicted octanol–water partition coefficient (Wildman–Crippen LogP) is 5.24. The van der Waals surface area contributed by atoms with Crippen LogP contribution >= 0.6 is 11.8 Å². The van der Waals surface area contributed by atoms with E-state index in [-0.39, 0.29) is 29.3 Å². The number of nitrogens with zero attached hydrogens (tertiary/aromatic N) is 5. The summed E-state index contributed by atoms with van der Waals surface area (Å²) in [4.78, 5) is 17.0. The van der Waals surface area contributed by atoms with Crippen molar-refractivity contribution in [3.8, 4) is 5.69 Å². The van der Waals surface area contributed by atoms with Gasteiger partial charge in [0.05, 0.1) is 11.8 Å². The molecule has 1 aliphatic rings. The number of benzene rings is 2. The highest BCUT2D eigenvalue weighted by molar-refractivity contribution is 7.99. The quantitative estimate of drug-likeness (QED) is 0.409. The number of thioether (sulfide) groups is 1. The Morgan fingerprint density at radius 3 is 2.24 bits per heavy atom. The van der Waals surface area contributed by atoms with Crippen LogP contribution in [0.1, 0.15) is 45.0 Å². The third kappa shape index (κ3) is 5.47. The lowest BCUT2D eigenvalue weighted by Gasteiger charge is -2.31. The van der Waals surface area contributed by atoms with Crippen LogP contribution in [-0.2, 0) is 4.79 Å². The normalized spacial score (nSPS) is 15.3. The number of carbonyl (C=O) groups excluding carboxylic acids is 1. The molecule has 0 aliphatic carbocycles. The summed E-state index contributed by atoms with van der Waals surface area (Å²) >= 11 is 1.29. The SMILES string of the molecule is CCN(C(=O)CSc1nnc([C@@H](C)N2CCCCC2)n1-c1ccc(F)cc1)c1ccc(F)cc1. The van der Waals surface area contributed by atoms with E-state index in [1.165, 1.54) is 42.4 Å². The van der Waals surface area contributed by atoms with Crippen molar-refractivity contribution in [3.05, 3.63) is 66.0 Å². The highest BCUT2D eigenvalue weighted by atomic mass is 32.2. The average Bonchev–Trinajstić information content (AvgIpc) is 3.29. The zero-order valence-corrected chi connectivity index (χ0v) is 20.3. The Hall–Kier alpha value is -2.78. The highest BCUT2D eigenvalue weighted by Gasteiger charge is 2.26. The molecule has 1 amide bonds. The number of rotatable bonds is 8. The first kappa shape index (κ1) is 24.3. The Kier molecular flexibility index (Phi) is 7.95. The molecule has 1 saturated heterocycles. The van der Waals surface area contributed by atoms with Crippen molar-refractivity contribution in [1.82, 2.24) is 19.7 Å². The highest BCUT2D eigenvalue weighted by Crippen LogP contribution is 2.30. The summed E-state index contributed by atoms with van der Waals surface area (Å²) in [5.74, 6) is 0.143. The molecule has 0 radical (unpaired) electrons. The second kappa shape index (κ2) is 11.1. The van der Waals surface area contributed by atoms with Gasteiger partial charge in [0.15, 0.2) is 11.0 Å². The molecule has 3 aromatic rings. The molecule has 34 heavy (non-hydrogen) atoms. The molecule has 1 fully saturated rings. The van der Waals surface area contributed by atoms with Gasteiger partial charge < -0.3 is 4.90 Å². The van der Waals surface area contributed by atoms with E-state index in [1.807, 2.05) is 11.5 Å². The van der Waals surface area contributed by atoms with Crippen molar-refractivity contribution in [2.75, 3.05) is 30.3 Å². The number of halogens is 2. The number of hydrogen-bond acceptors (Lipinski definition) is 5. The lowest BCUT2D eigenvalue weighted by molar-refractivity contribution is -0.116. The van der Waals surface area contributed by atoms with Gasteiger partial charge in [-0.25, -0.2) is 8.78 Å². The van der Waals surface area contributed by atoms with Crippen LogP contribution in [0.3, 0.4) is 0 Å². The monoisotopic (exact) mass is 485 g/mol. The molecular weight excluding hydrogens is 456 g/mol. The number of hydrogen-bond donors (Lipinski definition) is 0. The van der Waals surface area contributed by atoms with Crippen molar-refractivity contribution in [2.24, 2.45) is 0 Å². The summed E-state index contributed by atoms with van der Waals surface area (Å²) in [6.07, 6.45) is 3.54. The van der Waals surface area contributed by atoms with E-state index in [9.17, 15) is 13.6 Å². The molecule has 9 heteroatoms. The molecule has 1 aromatic heterocycles. The average molecular weight is 486 g/mol. The van der Waals surface area contributed by atoms with Gasteiger partial charge in [-0.3, -0.25) is 14.3 Å². The smallest absolute Gasteiger partial charge is 0.237 e. The van der Waals surface area contributed by atoms with Gasteiger partial charge in [0.25, 0.3) is 0 Å². The Morgan fingerprint density at radius 1 is 1.00 bits per heavy atom. The molecule has 180 valence electrons. The number of anilines is 1. The van der Waals surface area contributed by atoms with E-state index in [4.69, 9.17) is 0 Å². The van der Waals surface area contributed by atoms with Gasteiger partial charge in [-0.05, 0) is 88.3 Å². The van der Waals surface area contributed by atoms with Gasteiger partial charge >= 0.3 is 0 Å². The molecule has 2 heterocycles. The fourth-order valence-electron chi connectivity index (χ4n) is 4.28. The number of carbonyl (C=O) groups is 1. The first-order valence-corrected chi connectivity index (χ1v) is 12.6. The summed E-state index contributed by atoms with van der Waals surface area (Å²) < 4.78 is 28.8. The van der Waals surface area contributed by atoms with Crippen LogP contribution in [0.2, 0.25) is 0 Å². The fourth-order valence-corrected chi connectivity index (χ4v) is 5.11. The Labute approximate surface area is 203 Å². The number of likely N-dealkylation sites (tertiary alicyclic amines) is 1. The second-order valence-corrected chi connectivity index (χ2v) is 9.27. The van der Waals surface area contributed by atoms with Crippen LogP contribution in [0.15, 0.2) is 53.7 Å². The van der Waals surface area contributed by atoms with Crippen molar-refractivity contribution < 1.29 is 13.6 Å². The number of amides is 1. The summed E-state index contributed by atoms with van der Waals surface area (Å²) in [6.45, 7) is 6.46. The summed E-state index contributed by atoms with van der Waals surface area (Å²) in [6, 6.07) is 12.2. The molecule has 2 aromatic carbocycles. The molecule has 1 aliphatic heterocycles. The van der Waals surface area contributed by atoms with Gasteiger partial charge in [-0.2, -0.15) is 0 Å². The maximum absolute atomic E-state index is 13.6. The summed E-state index contributed by atoms with van der Waals surface area (Å²) in [5, 5.41) is 9.48. The van der Waals surface area contributed by atoms with Crippen LogP contribution in [0, 0.1) is 11.6 Å². The zero-order chi connectivity index (χ0) is 24.1. The maximum atomic E-state index is 13.6. The molecule has 4 rings (SSSR count). The van der Waals surface area contributed by atoms with E-state index < -0.39 is 0 Å². The fraction of sp³-hybridized carbons (Fsp3) is 0.400. The van der Waals surface area contributed by atoms with E-state index in [2.05, 4.69) is 22.0 Å². The van der Waals surface area contributed by atoms with E-state index in [0.717, 1.165) is 37.4 Å². The second-order valence-electron chi connectivity index (χ2n) is 8.33. The topological polar surface area (TPSA) is 54.3 Å². The first-order chi connectivity index (χ1) is 16.5. The standard InChI is InChI=1S/C25H29F2N5OS/c1-3-31(21-11-7-19(26)8-12-21)23(33)17-34-25-29-28-24(18(2)30-15-5-4-6-16-30)32(25)22-13-9-20(27)10-14-22/h7-14,18H,3-6,15-17H2,1-2H3/t18-/m1/s1. The minimum atomic E-state index is -0.343. The predicted molar refractivity (Wildman–Crippen MR) is 130 cm³/mol. The first-order valence-electron chi connectivity index (χ1n) is 11.6. The Morgan fingerprint density at radius 2 is 1.62 bits per heavy atom. The van der Waals surface area contributed by atoms with Crippen LogP contribution in [0.4, 0.5) is 14.5 Å². The summed E-state index contributed by atoms with van der Waals surface area (Å²) in [5.41, 5.74) is 1.40. The molecule has 0 N–H and O–H groups in total. The largest absolute Gasteiger partial charge is 0.312 e. The van der Waals surface area contributed by atoms with Gasteiger partial charge in [-0.15, -0.1) is 10.2 Å². The van der Waals surface area contributed by atoms with Crippen molar-refractivity contribution in [3.63, 3.8) is 0 Å².